The Kier molecular flexibility index (Phi) is 5.75. The number of Topliss-reactive ketones (excluding diaryl/α,β-unsaturated/α-hetero) is 1. The van der Waals surface area contributed by atoms with E-state index in [9.17, 15) is 9.90 Å². The largest absolute Gasteiger partial charge is 0.387 e. The third-order valence-electron chi connectivity index (χ3n) is 2.91. The van der Waals surface area contributed by atoms with Crippen molar-refractivity contribution in [3.63, 3.8) is 0 Å². The fraction of sp³-hybridized carbons (Fsp3) is 0.400. The highest BCUT2D eigenvalue weighted by Gasteiger charge is 2.15. The molecule has 0 saturated heterocycles. The summed E-state index contributed by atoms with van der Waals surface area (Å²) in [5.74, 6) is 0.0592. The Bertz CT molecular complexity index is 400. The Labute approximate surface area is 109 Å². The molecule has 0 spiro atoms. The smallest absolute Gasteiger partial charge is 0.159 e. The summed E-state index contributed by atoms with van der Waals surface area (Å²) in [6, 6.07) is 9.40. The van der Waals surface area contributed by atoms with Crippen molar-refractivity contribution in [3.05, 3.63) is 48.0 Å². The summed E-state index contributed by atoms with van der Waals surface area (Å²) < 4.78 is 0. The number of aliphatic hydroxyl groups is 1. The van der Waals surface area contributed by atoms with Crippen molar-refractivity contribution >= 4 is 5.78 Å². The van der Waals surface area contributed by atoms with E-state index in [1.165, 1.54) is 0 Å². The Hall–Kier alpha value is -1.45. The number of nitrogens with one attached hydrogen (secondary N) is 1. The maximum atomic E-state index is 11.4. The van der Waals surface area contributed by atoms with Crippen molar-refractivity contribution in [1.82, 2.24) is 5.32 Å². The molecule has 0 aliphatic heterocycles. The standard InChI is InChI=1S/C15H21NO2/c1-11(2)14(17)9-10-16-12(3)15(18)13-7-5-4-6-8-13/h4-8,12,15-16,18H,1,9-10H2,2-3H3. The zero-order chi connectivity index (χ0) is 13.5. The monoisotopic (exact) mass is 247 g/mol. The molecule has 2 atom stereocenters. The van der Waals surface area contributed by atoms with E-state index in [1.807, 2.05) is 37.3 Å². The van der Waals surface area contributed by atoms with Gasteiger partial charge in [-0.25, -0.2) is 0 Å². The minimum absolute atomic E-state index is 0.0592. The number of hydrogen-bond acceptors (Lipinski definition) is 3. The van der Waals surface area contributed by atoms with Crippen LogP contribution >= 0.6 is 0 Å². The van der Waals surface area contributed by atoms with Gasteiger partial charge in [0, 0.05) is 19.0 Å². The number of carbonyl (C=O) groups excluding carboxylic acids is 1. The predicted molar refractivity (Wildman–Crippen MR) is 73.3 cm³/mol. The maximum Gasteiger partial charge on any atom is 0.159 e. The molecular formula is C15H21NO2. The lowest BCUT2D eigenvalue weighted by atomic mass is 10.0. The molecule has 0 heterocycles. The summed E-state index contributed by atoms with van der Waals surface area (Å²) in [5.41, 5.74) is 1.46. The quantitative estimate of drug-likeness (QED) is 0.726. The van der Waals surface area contributed by atoms with Gasteiger partial charge in [-0.05, 0) is 25.0 Å². The highest BCUT2D eigenvalue weighted by atomic mass is 16.3. The van der Waals surface area contributed by atoms with Gasteiger partial charge in [0.2, 0.25) is 0 Å². The van der Waals surface area contributed by atoms with Gasteiger partial charge in [0.25, 0.3) is 0 Å². The van der Waals surface area contributed by atoms with E-state index in [1.54, 1.807) is 6.92 Å². The molecule has 98 valence electrons. The van der Waals surface area contributed by atoms with Gasteiger partial charge in [-0.2, -0.15) is 0 Å². The first kappa shape index (κ1) is 14.6. The van der Waals surface area contributed by atoms with E-state index in [0.29, 0.717) is 18.5 Å². The molecule has 0 saturated carbocycles. The van der Waals surface area contributed by atoms with Crippen LogP contribution in [0.5, 0.6) is 0 Å². The molecule has 3 nitrogen and oxygen atoms in total. The van der Waals surface area contributed by atoms with E-state index in [-0.39, 0.29) is 11.8 Å². The fourth-order valence-corrected chi connectivity index (χ4v) is 1.68. The number of rotatable bonds is 7. The first-order valence-electron chi connectivity index (χ1n) is 6.17. The van der Waals surface area contributed by atoms with Crippen LogP contribution in [0.4, 0.5) is 0 Å². The van der Waals surface area contributed by atoms with Crippen LogP contribution in [0.25, 0.3) is 0 Å². The number of carbonyl (C=O) groups is 1. The first-order chi connectivity index (χ1) is 8.52. The molecule has 0 fully saturated rings. The summed E-state index contributed by atoms with van der Waals surface area (Å²) in [7, 11) is 0. The lowest BCUT2D eigenvalue weighted by Crippen LogP contribution is -2.33. The van der Waals surface area contributed by atoms with Gasteiger partial charge < -0.3 is 10.4 Å². The number of ketones is 1. The minimum Gasteiger partial charge on any atom is -0.387 e. The van der Waals surface area contributed by atoms with Crippen LogP contribution in [0.15, 0.2) is 42.5 Å². The van der Waals surface area contributed by atoms with Crippen molar-refractivity contribution in [2.24, 2.45) is 0 Å². The van der Waals surface area contributed by atoms with Gasteiger partial charge in [-0.1, -0.05) is 36.9 Å². The van der Waals surface area contributed by atoms with E-state index < -0.39 is 6.10 Å². The topological polar surface area (TPSA) is 49.3 Å². The zero-order valence-electron chi connectivity index (χ0n) is 11.0. The van der Waals surface area contributed by atoms with Crippen molar-refractivity contribution in [3.8, 4) is 0 Å². The molecule has 18 heavy (non-hydrogen) atoms. The zero-order valence-corrected chi connectivity index (χ0v) is 11.0. The van der Waals surface area contributed by atoms with Crippen LogP contribution in [-0.4, -0.2) is 23.5 Å². The molecule has 1 aromatic carbocycles. The highest BCUT2D eigenvalue weighted by molar-refractivity contribution is 5.94. The molecule has 3 heteroatoms. The molecule has 2 N–H and O–H groups in total. The molecular weight excluding hydrogens is 226 g/mol. The second-order valence-corrected chi connectivity index (χ2v) is 4.55. The minimum atomic E-state index is -0.564. The van der Waals surface area contributed by atoms with Crippen LogP contribution in [-0.2, 0) is 4.79 Å². The van der Waals surface area contributed by atoms with E-state index in [0.717, 1.165) is 5.56 Å². The van der Waals surface area contributed by atoms with E-state index in [2.05, 4.69) is 11.9 Å². The van der Waals surface area contributed by atoms with E-state index in [4.69, 9.17) is 0 Å². The van der Waals surface area contributed by atoms with Gasteiger partial charge >= 0.3 is 0 Å². The normalized spacial score (nSPS) is 13.9. The van der Waals surface area contributed by atoms with Crippen molar-refractivity contribution in [1.29, 1.82) is 0 Å². The third kappa shape index (κ3) is 4.43. The average molecular weight is 247 g/mol. The highest BCUT2D eigenvalue weighted by Crippen LogP contribution is 2.15. The Balaban J connectivity index is 2.39. The summed E-state index contributed by atoms with van der Waals surface area (Å²) in [6.07, 6.45) is -0.146. The second kappa shape index (κ2) is 7.09. The lowest BCUT2D eigenvalue weighted by molar-refractivity contribution is -0.115. The van der Waals surface area contributed by atoms with Crippen LogP contribution in [0.1, 0.15) is 31.9 Å². The molecule has 0 bridgehead atoms. The lowest BCUT2D eigenvalue weighted by Gasteiger charge is -2.20. The predicted octanol–water partition coefficient (Wildman–Crippen LogP) is 2.23. The Morgan fingerprint density at radius 2 is 2.00 bits per heavy atom. The summed E-state index contributed by atoms with van der Waals surface area (Å²) >= 11 is 0. The molecule has 1 aromatic rings. The Morgan fingerprint density at radius 3 is 2.56 bits per heavy atom. The molecule has 2 unspecified atom stereocenters. The SMILES string of the molecule is C=C(C)C(=O)CCNC(C)C(O)c1ccccc1. The van der Waals surface area contributed by atoms with Crippen LogP contribution < -0.4 is 5.32 Å². The molecule has 0 radical (unpaired) electrons. The number of aliphatic hydroxyl groups excluding tert-OH is 1. The van der Waals surface area contributed by atoms with Gasteiger partial charge in [0.1, 0.15) is 0 Å². The summed E-state index contributed by atoms with van der Waals surface area (Å²) in [5, 5.41) is 13.3. The van der Waals surface area contributed by atoms with E-state index >= 15 is 0 Å². The summed E-state index contributed by atoms with van der Waals surface area (Å²) in [6.45, 7) is 7.78. The number of allylic oxidation sites excluding steroid dienone is 1. The molecule has 0 aliphatic carbocycles. The van der Waals surface area contributed by atoms with Gasteiger partial charge in [-0.3, -0.25) is 4.79 Å². The number of benzene rings is 1. The second-order valence-electron chi connectivity index (χ2n) is 4.55. The van der Waals surface area contributed by atoms with Gasteiger partial charge in [0.05, 0.1) is 6.10 Å². The third-order valence-corrected chi connectivity index (χ3v) is 2.91. The molecule has 1 rings (SSSR count). The summed E-state index contributed by atoms with van der Waals surface area (Å²) in [4.78, 5) is 11.4. The fourth-order valence-electron chi connectivity index (χ4n) is 1.68. The van der Waals surface area contributed by atoms with Crippen molar-refractivity contribution in [2.45, 2.75) is 32.4 Å². The molecule has 0 aliphatic rings. The molecule has 0 aromatic heterocycles. The number of hydrogen-bond donors (Lipinski definition) is 2. The maximum absolute atomic E-state index is 11.4. The van der Waals surface area contributed by atoms with Crippen molar-refractivity contribution in [2.75, 3.05) is 6.54 Å². The van der Waals surface area contributed by atoms with Crippen LogP contribution in [0, 0.1) is 0 Å². The van der Waals surface area contributed by atoms with Crippen LogP contribution in [0.2, 0.25) is 0 Å². The van der Waals surface area contributed by atoms with Gasteiger partial charge in [0.15, 0.2) is 5.78 Å². The van der Waals surface area contributed by atoms with Gasteiger partial charge in [-0.15, -0.1) is 0 Å². The van der Waals surface area contributed by atoms with Crippen molar-refractivity contribution < 1.29 is 9.90 Å². The Morgan fingerprint density at radius 1 is 1.39 bits per heavy atom. The molecule has 0 amide bonds. The van der Waals surface area contributed by atoms with Crippen LogP contribution in [0.3, 0.4) is 0 Å². The average Bonchev–Trinajstić information content (AvgIpc) is 2.38. The first-order valence-corrected chi connectivity index (χ1v) is 6.17.